The first-order valence-corrected chi connectivity index (χ1v) is 4.99. The van der Waals surface area contributed by atoms with Crippen LogP contribution >= 0.6 is 0 Å². The van der Waals surface area contributed by atoms with Crippen molar-refractivity contribution in [1.82, 2.24) is 0 Å². The largest absolute Gasteiger partial charge is 0.300 e. The van der Waals surface area contributed by atoms with Crippen LogP contribution in [0.15, 0.2) is 45.3 Å². The lowest BCUT2D eigenvalue weighted by Gasteiger charge is -1.92. The van der Waals surface area contributed by atoms with E-state index in [1.54, 1.807) is 6.21 Å². The third-order valence-corrected chi connectivity index (χ3v) is 1.99. The van der Waals surface area contributed by atoms with Crippen molar-refractivity contribution in [2.24, 2.45) is 15.0 Å². The van der Waals surface area contributed by atoms with Gasteiger partial charge in [-0.05, 0) is 19.1 Å². The Balaban J connectivity index is 2.15. The van der Waals surface area contributed by atoms with Gasteiger partial charge in [-0.1, -0.05) is 18.2 Å². The average Bonchev–Trinajstić information content (AvgIpc) is 2.66. The van der Waals surface area contributed by atoms with Crippen molar-refractivity contribution in [2.45, 2.75) is 13.3 Å². The van der Waals surface area contributed by atoms with Crippen LogP contribution in [0.5, 0.6) is 0 Å². The van der Waals surface area contributed by atoms with E-state index in [1.165, 1.54) is 6.92 Å². The topological polar surface area (TPSA) is 54.1 Å². The van der Waals surface area contributed by atoms with Gasteiger partial charge in [-0.2, -0.15) is 0 Å². The van der Waals surface area contributed by atoms with Gasteiger partial charge < -0.3 is 0 Å². The molecule has 0 spiro atoms. The molecule has 2 rings (SSSR count). The van der Waals surface area contributed by atoms with Crippen molar-refractivity contribution in [3.05, 3.63) is 30.3 Å². The predicted octanol–water partition coefficient (Wildman–Crippen LogP) is 2.18. The molecule has 0 saturated heterocycles. The Bertz CT molecular complexity index is 486. The summed E-state index contributed by atoms with van der Waals surface area (Å²) >= 11 is 0. The van der Waals surface area contributed by atoms with Crippen LogP contribution < -0.4 is 0 Å². The Morgan fingerprint density at radius 3 is 2.75 bits per heavy atom. The minimum absolute atomic E-state index is 0.0751. The van der Waals surface area contributed by atoms with Gasteiger partial charge in [0, 0.05) is 0 Å². The summed E-state index contributed by atoms with van der Waals surface area (Å²) in [7, 11) is 0. The monoisotopic (exact) mass is 213 g/mol. The van der Waals surface area contributed by atoms with E-state index >= 15 is 0 Å². The van der Waals surface area contributed by atoms with E-state index in [4.69, 9.17) is 0 Å². The number of rotatable bonds is 3. The zero-order valence-corrected chi connectivity index (χ0v) is 8.92. The Morgan fingerprint density at radius 2 is 2.06 bits per heavy atom. The third kappa shape index (κ3) is 2.70. The van der Waals surface area contributed by atoms with Crippen molar-refractivity contribution >= 4 is 29.4 Å². The number of ketones is 1. The SMILES string of the molecule is CC(=O)CC1=NC(=Nc2ccccc2)N=C1. The molecule has 0 radical (unpaired) electrons. The van der Waals surface area contributed by atoms with Gasteiger partial charge in [0.25, 0.3) is 0 Å². The maximum Gasteiger partial charge on any atom is 0.250 e. The summed E-state index contributed by atoms with van der Waals surface area (Å²) in [4.78, 5) is 23.3. The van der Waals surface area contributed by atoms with E-state index in [0.717, 1.165) is 5.69 Å². The van der Waals surface area contributed by atoms with Gasteiger partial charge >= 0.3 is 0 Å². The molecule has 1 aromatic rings. The zero-order chi connectivity index (χ0) is 11.4. The molecule has 0 N–H and O–H groups in total. The summed E-state index contributed by atoms with van der Waals surface area (Å²) in [6.45, 7) is 1.53. The number of carbonyl (C=O) groups excluding carboxylic acids is 1. The standard InChI is InChI=1S/C12H11N3O/c1-9(16)7-11-8-13-12(15-11)14-10-5-3-2-4-6-10/h2-6,8H,7H2,1H3. The summed E-state index contributed by atoms with van der Waals surface area (Å²) in [5.41, 5.74) is 1.48. The number of guanidine groups is 1. The molecule has 1 heterocycles. The van der Waals surface area contributed by atoms with Crippen molar-refractivity contribution in [2.75, 3.05) is 0 Å². The molecular weight excluding hydrogens is 202 g/mol. The van der Waals surface area contributed by atoms with E-state index < -0.39 is 0 Å². The number of benzene rings is 1. The summed E-state index contributed by atoms with van der Waals surface area (Å²) in [6, 6.07) is 9.48. The number of carbonyl (C=O) groups is 1. The van der Waals surface area contributed by atoms with E-state index in [9.17, 15) is 4.79 Å². The van der Waals surface area contributed by atoms with Crippen molar-refractivity contribution in [3.63, 3.8) is 0 Å². The minimum Gasteiger partial charge on any atom is -0.300 e. The summed E-state index contributed by atoms with van der Waals surface area (Å²) in [5, 5.41) is 0. The van der Waals surface area contributed by atoms with Crippen LogP contribution in [0.3, 0.4) is 0 Å². The van der Waals surface area contributed by atoms with Crippen LogP contribution in [0.4, 0.5) is 5.69 Å². The number of hydrogen-bond acceptors (Lipinski definition) is 2. The fourth-order valence-electron chi connectivity index (χ4n) is 1.33. The van der Waals surface area contributed by atoms with Crippen molar-refractivity contribution < 1.29 is 4.79 Å². The van der Waals surface area contributed by atoms with E-state index in [2.05, 4.69) is 15.0 Å². The molecule has 80 valence electrons. The first-order valence-electron chi connectivity index (χ1n) is 4.99. The highest BCUT2D eigenvalue weighted by Gasteiger charge is 2.08. The van der Waals surface area contributed by atoms with Gasteiger partial charge in [0.2, 0.25) is 5.96 Å². The van der Waals surface area contributed by atoms with Crippen molar-refractivity contribution in [1.29, 1.82) is 0 Å². The second-order valence-electron chi connectivity index (χ2n) is 3.49. The number of para-hydroxylation sites is 1. The molecule has 0 unspecified atom stereocenters. The lowest BCUT2D eigenvalue weighted by atomic mass is 10.2. The molecule has 1 aromatic carbocycles. The van der Waals surface area contributed by atoms with Crippen LogP contribution in [-0.2, 0) is 4.79 Å². The van der Waals surface area contributed by atoms with Gasteiger partial charge in [0.15, 0.2) is 0 Å². The average molecular weight is 213 g/mol. The molecule has 0 aliphatic carbocycles. The fourth-order valence-corrected chi connectivity index (χ4v) is 1.33. The highest BCUT2D eigenvalue weighted by Crippen LogP contribution is 2.12. The molecule has 0 bridgehead atoms. The highest BCUT2D eigenvalue weighted by atomic mass is 16.1. The van der Waals surface area contributed by atoms with Gasteiger partial charge in [-0.3, -0.25) is 4.79 Å². The molecule has 4 heteroatoms. The normalized spacial score (nSPS) is 16.6. The molecule has 1 aliphatic heterocycles. The fraction of sp³-hybridized carbons (Fsp3) is 0.167. The second kappa shape index (κ2) is 4.61. The lowest BCUT2D eigenvalue weighted by Crippen LogP contribution is -2.03. The predicted molar refractivity (Wildman–Crippen MR) is 64.8 cm³/mol. The smallest absolute Gasteiger partial charge is 0.250 e. The van der Waals surface area contributed by atoms with Crippen LogP contribution in [0.25, 0.3) is 0 Å². The molecule has 0 saturated carbocycles. The number of hydrogen-bond donors (Lipinski definition) is 0. The molecule has 4 nitrogen and oxygen atoms in total. The van der Waals surface area contributed by atoms with Gasteiger partial charge in [0.1, 0.15) is 5.78 Å². The first-order chi connectivity index (χ1) is 7.74. The highest BCUT2D eigenvalue weighted by molar-refractivity contribution is 6.40. The Labute approximate surface area is 93.5 Å². The Morgan fingerprint density at radius 1 is 1.31 bits per heavy atom. The molecule has 16 heavy (non-hydrogen) atoms. The molecule has 0 fully saturated rings. The van der Waals surface area contributed by atoms with Crippen molar-refractivity contribution in [3.8, 4) is 0 Å². The Hall–Kier alpha value is -2.10. The summed E-state index contributed by atoms with van der Waals surface area (Å²) in [6.07, 6.45) is 1.90. The second-order valence-corrected chi connectivity index (χ2v) is 3.49. The third-order valence-electron chi connectivity index (χ3n) is 1.99. The van der Waals surface area contributed by atoms with E-state index in [1.807, 2.05) is 30.3 Å². The molecule has 0 amide bonds. The van der Waals surface area contributed by atoms with E-state index in [-0.39, 0.29) is 5.78 Å². The maximum atomic E-state index is 10.9. The zero-order valence-electron chi connectivity index (χ0n) is 8.92. The van der Waals surface area contributed by atoms with Crippen LogP contribution in [0.2, 0.25) is 0 Å². The van der Waals surface area contributed by atoms with Gasteiger partial charge in [-0.15, -0.1) is 0 Å². The van der Waals surface area contributed by atoms with Gasteiger partial charge in [0.05, 0.1) is 24.0 Å². The molecule has 0 atom stereocenters. The first kappa shape index (κ1) is 10.4. The van der Waals surface area contributed by atoms with Crippen LogP contribution in [0, 0.1) is 0 Å². The van der Waals surface area contributed by atoms with Crippen LogP contribution in [-0.4, -0.2) is 23.7 Å². The minimum atomic E-state index is 0.0751. The summed E-state index contributed by atoms with van der Waals surface area (Å²) < 4.78 is 0. The number of Topliss-reactive ketones (excluding diaryl/α,β-unsaturated/α-hetero) is 1. The maximum absolute atomic E-state index is 10.9. The quantitative estimate of drug-likeness (QED) is 0.759. The molecule has 0 aromatic heterocycles. The Kier molecular flexibility index (Phi) is 3.00. The number of aliphatic imine (C=N–C) groups is 3. The summed E-state index contributed by atoms with van der Waals surface area (Å²) in [5.74, 6) is 0.480. The molecular formula is C12H11N3O. The molecule has 1 aliphatic rings. The number of nitrogens with zero attached hydrogens (tertiary/aromatic N) is 3. The van der Waals surface area contributed by atoms with Crippen LogP contribution in [0.1, 0.15) is 13.3 Å². The van der Waals surface area contributed by atoms with Gasteiger partial charge in [-0.25, -0.2) is 15.0 Å². The van der Waals surface area contributed by atoms with E-state index in [0.29, 0.717) is 18.1 Å². The lowest BCUT2D eigenvalue weighted by molar-refractivity contribution is -0.115.